The first-order chi connectivity index (χ1) is 9.75. The van der Waals surface area contributed by atoms with Crippen molar-refractivity contribution < 1.29 is 0 Å². The molecule has 1 N–H and O–H groups in total. The fourth-order valence-electron chi connectivity index (χ4n) is 2.41. The number of hydrogen-bond donors (Lipinski definition) is 1. The van der Waals surface area contributed by atoms with Gasteiger partial charge in [-0.3, -0.25) is 0 Å². The van der Waals surface area contributed by atoms with Crippen molar-refractivity contribution in [2.45, 2.75) is 20.4 Å². The van der Waals surface area contributed by atoms with Crippen molar-refractivity contribution in [3.05, 3.63) is 59.5 Å². The highest BCUT2D eigenvalue weighted by Gasteiger charge is 2.10. The second kappa shape index (κ2) is 5.46. The first-order valence-corrected chi connectivity index (χ1v) is 7.27. The van der Waals surface area contributed by atoms with Gasteiger partial charge >= 0.3 is 0 Å². The lowest BCUT2D eigenvalue weighted by molar-refractivity contribution is 0.951. The minimum Gasteiger partial charge on any atom is -0.370 e. The van der Waals surface area contributed by atoms with E-state index in [1.807, 2.05) is 6.07 Å². The van der Waals surface area contributed by atoms with Gasteiger partial charge in [0.25, 0.3) is 0 Å². The number of nitrogens with one attached hydrogen (secondary N) is 1. The quantitative estimate of drug-likeness (QED) is 0.796. The third kappa shape index (κ3) is 2.44. The predicted molar refractivity (Wildman–Crippen MR) is 82.5 cm³/mol. The molecule has 2 heterocycles. The van der Waals surface area contributed by atoms with Gasteiger partial charge in [0.15, 0.2) is 0 Å². The summed E-state index contributed by atoms with van der Waals surface area (Å²) in [5, 5.41) is 8.18. The van der Waals surface area contributed by atoms with Gasteiger partial charge in [0.1, 0.15) is 5.00 Å². The third-order valence-electron chi connectivity index (χ3n) is 3.36. The third-order valence-corrected chi connectivity index (χ3v) is 3.99. The second-order valence-corrected chi connectivity index (χ2v) is 5.49. The van der Waals surface area contributed by atoms with Crippen LogP contribution in [0.1, 0.15) is 17.0 Å². The van der Waals surface area contributed by atoms with E-state index >= 15 is 0 Å². The molecule has 0 saturated heterocycles. The normalized spacial score (nSPS) is 10.7. The number of benzene rings is 1. The van der Waals surface area contributed by atoms with E-state index in [0.29, 0.717) is 0 Å². The van der Waals surface area contributed by atoms with Crippen LogP contribution in [-0.2, 0) is 6.54 Å². The van der Waals surface area contributed by atoms with Crippen LogP contribution < -0.4 is 5.32 Å². The van der Waals surface area contributed by atoms with Crippen LogP contribution in [0.2, 0.25) is 0 Å². The summed E-state index contributed by atoms with van der Waals surface area (Å²) in [5.74, 6) is 0. The summed E-state index contributed by atoms with van der Waals surface area (Å²) in [6.07, 6.45) is 1.75. The highest BCUT2D eigenvalue weighted by Crippen LogP contribution is 2.22. The molecule has 0 unspecified atom stereocenters. The molecule has 0 fully saturated rings. The molecule has 3 aromatic rings. The van der Waals surface area contributed by atoms with Gasteiger partial charge in [0.2, 0.25) is 0 Å². The highest BCUT2D eigenvalue weighted by atomic mass is 32.1. The average molecular weight is 284 g/mol. The van der Waals surface area contributed by atoms with Crippen molar-refractivity contribution in [3.63, 3.8) is 0 Å². The van der Waals surface area contributed by atoms with Crippen molar-refractivity contribution in [2.75, 3.05) is 5.32 Å². The van der Waals surface area contributed by atoms with E-state index in [-0.39, 0.29) is 0 Å². The molecular weight excluding hydrogens is 268 g/mol. The van der Waals surface area contributed by atoms with Gasteiger partial charge in [-0.25, -0.2) is 0 Å². The molecule has 0 spiro atoms. The lowest BCUT2D eigenvalue weighted by Crippen LogP contribution is -2.02. The Bertz CT molecular complexity index is 686. The van der Waals surface area contributed by atoms with Crippen molar-refractivity contribution in [2.24, 2.45) is 0 Å². The molecule has 0 radical (unpaired) electrons. The SMILES string of the molecule is Cc1cc(CNc2cnns2)c(C)n1-c1ccccc1. The predicted octanol–water partition coefficient (Wildman–Crippen LogP) is 3.56. The standard InChI is InChI=1S/C15H16N4S/c1-11-8-13(9-16-15-10-17-18-20-15)12(2)19(11)14-6-4-3-5-7-14/h3-8,10,16H,9H2,1-2H3. The summed E-state index contributed by atoms with van der Waals surface area (Å²) < 4.78 is 6.13. The molecule has 0 saturated carbocycles. The molecule has 0 bridgehead atoms. The molecule has 0 atom stereocenters. The molecule has 20 heavy (non-hydrogen) atoms. The summed E-state index contributed by atoms with van der Waals surface area (Å²) in [4.78, 5) is 0. The van der Waals surface area contributed by atoms with Gasteiger partial charge in [-0.1, -0.05) is 22.7 Å². The Kier molecular flexibility index (Phi) is 3.52. The minimum atomic E-state index is 0.788. The zero-order valence-electron chi connectivity index (χ0n) is 11.5. The average Bonchev–Trinajstić information content (AvgIpc) is 3.06. The lowest BCUT2D eigenvalue weighted by Gasteiger charge is -2.10. The van der Waals surface area contributed by atoms with Crippen LogP contribution in [0.5, 0.6) is 0 Å². The van der Waals surface area contributed by atoms with Crippen molar-refractivity contribution in [3.8, 4) is 5.69 Å². The van der Waals surface area contributed by atoms with Crippen LogP contribution in [0.15, 0.2) is 42.6 Å². The molecular formula is C15H16N4S. The van der Waals surface area contributed by atoms with Crippen LogP contribution in [0.4, 0.5) is 5.00 Å². The first-order valence-electron chi connectivity index (χ1n) is 6.50. The smallest absolute Gasteiger partial charge is 0.130 e. The summed E-state index contributed by atoms with van der Waals surface area (Å²) in [5.41, 5.74) is 5.00. The van der Waals surface area contributed by atoms with Gasteiger partial charge < -0.3 is 9.88 Å². The van der Waals surface area contributed by atoms with E-state index in [2.05, 4.69) is 63.7 Å². The molecule has 102 valence electrons. The van der Waals surface area contributed by atoms with E-state index in [9.17, 15) is 0 Å². The van der Waals surface area contributed by atoms with Gasteiger partial charge in [-0.2, -0.15) is 0 Å². The Hall–Kier alpha value is -2.14. The number of aromatic nitrogens is 3. The highest BCUT2D eigenvalue weighted by molar-refractivity contribution is 7.09. The lowest BCUT2D eigenvalue weighted by atomic mass is 10.2. The Labute approximate surface area is 122 Å². The van der Waals surface area contributed by atoms with Gasteiger partial charge in [-0.05, 0) is 37.6 Å². The van der Waals surface area contributed by atoms with Crippen molar-refractivity contribution >= 4 is 16.5 Å². The molecule has 0 aliphatic rings. The maximum absolute atomic E-state index is 3.85. The van der Waals surface area contributed by atoms with Crippen molar-refractivity contribution in [1.29, 1.82) is 0 Å². The van der Waals surface area contributed by atoms with E-state index in [1.54, 1.807) is 6.20 Å². The number of anilines is 1. The summed E-state index contributed by atoms with van der Waals surface area (Å²) in [7, 11) is 0. The maximum atomic E-state index is 3.85. The molecule has 5 heteroatoms. The largest absolute Gasteiger partial charge is 0.370 e. The van der Waals surface area contributed by atoms with Crippen LogP contribution in [-0.4, -0.2) is 14.2 Å². The van der Waals surface area contributed by atoms with E-state index < -0.39 is 0 Å². The fourth-order valence-corrected chi connectivity index (χ4v) is 2.82. The zero-order chi connectivity index (χ0) is 13.9. The zero-order valence-corrected chi connectivity index (χ0v) is 12.3. The minimum absolute atomic E-state index is 0.788. The monoisotopic (exact) mass is 284 g/mol. The molecule has 0 aliphatic carbocycles. The molecule has 0 amide bonds. The number of para-hydroxylation sites is 1. The Morgan fingerprint density at radius 2 is 2.00 bits per heavy atom. The number of hydrogen-bond acceptors (Lipinski definition) is 4. The van der Waals surface area contributed by atoms with Gasteiger partial charge in [-0.15, -0.1) is 5.10 Å². The van der Waals surface area contributed by atoms with E-state index in [1.165, 1.54) is 34.2 Å². The van der Waals surface area contributed by atoms with Gasteiger partial charge in [0, 0.05) is 35.2 Å². The summed E-state index contributed by atoms with van der Waals surface area (Å²) >= 11 is 1.38. The Morgan fingerprint density at radius 1 is 1.20 bits per heavy atom. The Balaban J connectivity index is 1.87. The number of aryl methyl sites for hydroxylation is 1. The number of nitrogens with zero attached hydrogens (tertiary/aromatic N) is 3. The molecule has 0 aliphatic heterocycles. The van der Waals surface area contributed by atoms with E-state index in [4.69, 9.17) is 0 Å². The number of rotatable bonds is 4. The van der Waals surface area contributed by atoms with Crippen LogP contribution in [0.25, 0.3) is 5.69 Å². The fraction of sp³-hybridized carbons (Fsp3) is 0.200. The first kappa shape index (κ1) is 12.9. The Morgan fingerprint density at radius 3 is 2.70 bits per heavy atom. The van der Waals surface area contributed by atoms with Crippen LogP contribution in [0, 0.1) is 13.8 Å². The molecule has 4 nitrogen and oxygen atoms in total. The van der Waals surface area contributed by atoms with E-state index in [0.717, 1.165) is 11.5 Å². The molecule has 2 aromatic heterocycles. The maximum Gasteiger partial charge on any atom is 0.130 e. The topological polar surface area (TPSA) is 42.7 Å². The van der Waals surface area contributed by atoms with Gasteiger partial charge in [0.05, 0.1) is 6.20 Å². The second-order valence-electron chi connectivity index (χ2n) is 4.70. The van der Waals surface area contributed by atoms with Crippen LogP contribution in [0.3, 0.4) is 0 Å². The molecule has 3 rings (SSSR count). The molecule has 1 aromatic carbocycles. The summed E-state index contributed by atoms with van der Waals surface area (Å²) in [6.45, 7) is 5.08. The van der Waals surface area contributed by atoms with Crippen molar-refractivity contribution in [1.82, 2.24) is 14.2 Å². The summed E-state index contributed by atoms with van der Waals surface area (Å²) in [6, 6.07) is 12.7. The van der Waals surface area contributed by atoms with Crippen LogP contribution >= 0.6 is 11.5 Å².